The second kappa shape index (κ2) is 8.39. The second-order valence-electron chi connectivity index (χ2n) is 5.33. The number of carbonyl (C=O) groups excluding carboxylic acids is 1. The van der Waals surface area contributed by atoms with Crippen LogP contribution in [0.1, 0.15) is 45.4 Å². The predicted molar refractivity (Wildman–Crippen MR) is 82.2 cm³/mol. The van der Waals surface area contributed by atoms with E-state index in [0.717, 1.165) is 12.8 Å². The smallest absolute Gasteiger partial charge is 0.317 e. The van der Waals surface area contributed by atoms with Gasteiger partial charge in [-0.25, -0.2) is 4.79 Å². The van der Waals surface area contributed by atoms with E-state index in [1.807, 2.05) is 18.7 Å². The average Bonchev–Trinajstić information content (AvgIpc) is 2.46. The summed E-state index contributed by atoms with van der Waals surface area (Å²) in [5.74, 6) is -0.871. The Balaban J connectivity index is 2.44. The molecule has 1 aliphatic carbocycles. The van der Waals surface area contributed by atoms with Gasteiger partial charge in [0, 0.05) is 24.4 Å². The van der Waals surface area contributed by atoms with Crippen molar-refractivity contribution >= 4 is 23.8 Å². The molecule has 20 heavy (non-hydrogen) atoms. The average molecular weight is 302 g/mol. The van der Waals surface area contributed by atoms with Gasteiger partial charge >= 0.3 is 12.0 Å². The molecular formula is C14H26N2O3S. The number of aliphatic carboxylic acids is 1. The van der Waals surface area contributed by atoms with Gasteiger partial charge in [0.25, 0.3) is 0 Å². The highest BCUT2D eigenvalue weighted by Crippen LogP contribution is 2.37. The number of hydrogen-bond donors (Lipinski definition) is 2. The third-order valence-electron chi connectivity index (χ3n) is 4.02. The molecule has 1 rings (SSSR count). The van der Waals surface area contributed by atoms with E-state index < -0.39 is 5.97 Å². The molecule has 0 heterocycles. The van der Waals surface area contributed by atoms with E-state index in [4.69, 9.17) is 5.11 Å². The van der Waals surface area contributed by atoms with Gasteiger partial charge in [-0.1, -0.05) is 19.3 Å². The van der Waals surface area contributed by atoms with Crippen molar-refractivity contribution < 1.29 is 14.7 Å². The molecule has 2 amide bonds. The molecule has 1 saturated carbocycles. The van der Waals surface area contributed by atoms with Gasteiger partial charge in [-0.15, -0.1) is 0 Å². The van der Waals surface area contributed by atoms with E-state index in [1.165, 1.54) is 19.3 Å². The van der Waals surface area contributed by atoms with Crippen LogP contribution in [0.5, 0.6) is 0 Å². The third-order valence-corrected chi connectivity index (χ3v) is 5.44. The molecule has 0 bridgehead atoms. The number of urea groups is 1. The van der Waals surface area contributed by atoms with Crippen molar-refractivity contribution in [2.75, 3.05) is 25.9 Å². The molecular weight excluding hydrogens is 276 g/mol. The lowest BCUT2D eigenvalue weighted by molar-refractivity contribution is -0.137. The van der Waals surface area contributed by atoms with E-state index >= 15 is 0 Å². The van der Waals surface area contributed by atoms with Gasteiger partial charge < -0.3 is 15.3 Å². The summed E-state index contributed by atoms with van der Waals surface area (Å²) in [5.41, 5.74) is 0. The van der Waals surface area contributed by atoms with Crippen molar-refractivity contribution in [3.8, 4) is 0 Å². The molecule has 0 radical (unpaired) electrons. The molecule has 0 aromatic heterocycles. The fourth-order valence-electron chi connectivity index (χ4n) is 2.63. The monoisotopic (exact) mass is 302 g/mol. The number of hydrogen-bond acceptors (Lipinski definition) is 3. The molecule has 116 valence electrons. The van der Waals surface area contributed by atoms with Crippen LogP contribution in [0.25, 0.3) is 0 Å². The normalized spacial score (nSPS) is 17.5. The second-order valence-corrected chi connectivity index (χ2v) is 6.60. The molecule has 0 atom stereocenters. The van der Waals surface area contributed by atoms with Gasteiger partial charge in [-0.3, -0.25) is 4.79 Å². The number of nitrogens with one attached hydrogen (secondary N) is 1. The number of rotatable bonds is 7. The molecule has 0 aromatic rings. The van der Waals surface area contributed by atoms with Crippen LogP contribution in [0, 0.1) is 0 Å². The first-order valence-corrected chi connectivity index (χ1v) is 8.55. The van der Waals surface area contributed by atoms with E-state index in [0.29, 0.717) is 13.1 Å². The van der Waals surface area contributed by atoms with E-state index in [2.05, 4.69) is 11.6 Å². The summed E-state index contributed by atoms with van der Waals surface area (Å²) in [6.07, 6.45) is 8.15. The maximum absolute atomic E-state index is 12.1. The number of carbonyl (C=O) groups is 2. The van der Waals surface area contributed by atoms with Gasteiger partial charge in [-0.2, -0.15) is 11.8 Å². The number of amides is 2. The van der Waals surface area contributed by atoms with Crippen molar-refractivity contribution in [3.63, 3.8) is 0 Å². The lowest BCUT2D eigenvalue weighted by Gasteiger charge is -2.36. The van der Waals surface area contributed by atoms with Crippen LogP contribution in [0.4, 0.5) is 4.79 Å². The molecule has 1 aliphatic rings. The standard InChI is InChI=1S/C14H26N2O3S/c1-3-16(10-7-12(17)18)13(19)15-11-14(20-2)8-5-4-6-9-14/h3-11H2,1-2H3,(H,15,19)(H,17,18). The number of thioether (sulfide) groups is 1. The van der Waals surface area contributed by atoms with Crippen LogP contribution in [-0.2, 0) is 4.79 Å². The zero-order valence-corrected chi connectivity index (χ0v) is 13.3. The fourth-order valence-corrected chi connectivity index (χ4v) is 3.54. The highest BCUT2D eigenvalue weighted by atomic mass is 32.2. The Morgan fingerprint density at radius 2 is 1.95 bits per heavy atom. The third kappa shape index (κ3) is 5.23. The van der Waals surface area contributed by atoms with Crippen LogP contribution in [0.15, 0.2) is 0 Å². The fraction of sp³-hybridized carbons (Fsp3) is 0.857. The summed E-state index contributed by atoms with van der Waals surface area (Å²) in [5, 5.41) is 11.7. The largest absolute Gasteiger partial charge is 0.481 e. The van der Waals surface area contributed by atoms with E-state index in [1.54, 1.807) is 4.90 Å². The van der Waals surface area contributed by atoms with Gasteiger partial charge in [-0.05, 0) is 26.0 Å². The summed E-state index contributed by atoms with van der Waals surface area (Å²) < 4.78 is 0.167. The van der Waals surface area contributed by atoms with Gasteiger partial charge in [0.15, 0.2) is 0 Å². The quantitative estimate of drug-likeness (QED) is 0.758. The van der Waals surface area contributed by atoms with Gasteiger partial charge in [0.1, 0.15) is 0 Å². The van der Waals surface area contributed by atoms with Crippen LogP contribution in [0.2, 0.25) is 0 Å². The maximum Gasteiger partial charge on any atom is 0.317 e. The lowest BCUT2D eigenvalue weighted by atomic mass is 9.88. The molecule has 0 unspecified atom stereocenters. The Hall–Kier alpha value is -0.910. The predicted octanol–water partition coefficient (Wildman–Crippen LogP) is 2.56. The lowest BCUT2D eigenvalue weighted by Crippen LogP contribution is -2.47. The topological polar surface area (TPSA) is 69.6 Å². The van der Waals surface area contributed by atoms with Crippen molar-refractivity contribution in [1.82, 2.24) is 10.2 Å². The molecule has 5 nitrogen and oxygen atoms in total. The molecule has 0 aliphatic heterocycles. The first kappa shape index (κ1) is 17.1. The zero-order valence-electron chi connectivity index (χ0n) is 12.5. The molecule has 1 fully saturated rings. The Kier molecular flexibility index (Phi) is 7.19. The van der Waals surface area contributed by atoms with Crippen molar-refractivity contribution in [2.45, 2.75) is 50.2 Å². The minimum atomic E-state index is -0.871. The maximum atomic E-state index is 12.1. The van der Waals surface area contributed by atoms with Crippen LogP contribution in [-0.4, -0.2) is 52.6 Å². The Bertz CT molecular complexity index is 330. The Morgan fingerprint density at radius 1 is 1.30 bits per heavy atom. The first-order chi connectivity index (χ1) is 9.53. The number of nitrogens with zero attached hydrogens (tertiary/aromatic N) is 1. The van der Waals surface area contributed by atoms with Crippen molar-refractivity contribution in [3.05, 3.63) is 0 Å². The number of carboxylic acids is 1. The van der Waals surface area contributed by atoms with Crippen molar-refractivity contribution in [1.29, 1.82) is 0 Å². The van der Waals surface area contributed by atoms with Crippen LogP contribution in [0.3, 0.4) is 0 Å². The van der Waals surface area contributed by atoms with E-state index in [9.17, 15) is 9.59 Å². The summed E-state index contributed by atoms with van der Waals surface area (Å²) >= 11 is 1.85. The zero-order chi connectivity index (χ0) is 15.0. The molecule has 6 heteroatoms. The summed E-state index contributed by atoms with van der Waals surface area (Å²) in [4.78, 5) is 24.2. The molecule has 2 N–H and O–H groups in total. The van der Waals surface area contributed by atoms with Crippen molar-refractivity contribution in [2.24, 2.45) is 0 Å². The molecule has 0 aromatic carbocycles. The van der Waals surface area contributed by atoms with Crippen LogP contribution < -0.4 is 5.32 Å². The van der Waals surface area contributed by atoms with E-state index in [-0.39, 0.29) is 23.7 Å². The van der Waals surface area contributed by atoms with Gasteiger partial charge in [0.05, 0.1) is 6.42 Å². The van der Waals surface area contributed by atoms with Gasteiger partial charge in [0.2, 0.25) is 0 Å². The molecule has 0 saturated heterocycles. The minimum absolute atomic E-state index is 0.00503. The minimum Gasteiger partial charge on any atom is -0.481 e. The summed E-state index contributed by atoms with van der Waals surface area (Å²) in [7, 11) is 0. The highest BCUT2D eigenvalue weighted by molar-refractivity contribution is 8.00. The van der Waals surface area contributed by atoms with Crippen LogP contribution >= 0.6 is 11.8 Å². The molecule has 0 spiro atoms. The summed E-state index contributed by atoms with van der Waals surface area (Å²) in [6.45, 7) is 3.35. The highest BCUT2D eigenvalue weighted by Gasteiger charge is 2.31. The SMILES string of the molecule is CCN(CCC(=O)O)C(=O)NCC1(SC)CCCCC1. The Labute approximate surface area is 125 Å². The Morgan fingerprint density at radius 3 is 2.45 bits per heavy atom. The first-order valence-electron chi connectivity index (χ1n) is 7.33. The summed E-state index contributed by atoms with van der Waals surface area (Å²) in [6, 6.07) is -0.146. The number of carboxylic acid groups (broad SMARTS) is 1.